The molecule has 6 nitrogen and oxygen atoms in total. The predicted octanol–water partition coefficient (Wildman–Crippen LogP) is 4.92. The van der Waals surface area contributed by atoms with E-state index in [9.17, 15) is 18.4 Å². The number of alkyl halides is 3. The van der Waals surface area contributed by atoms with Crippen LogP contribution in [0.5, 0.6) is 0 Å². The van der Waals surface area contributed by atoms with Gasteiger partial charge >= 0.3 is 6.18 Å². The van der Waals surface area contributed by atoms with Gasteiger partial charge in [0.1, 0.15) is 23.4 Å². The molecule has 0 spiro atoms. The van der Waals surface area contributed by atoms with Crippen molar-refractivity contribution in [2.45, 2.75) is 13.1 Å². The highest BCUT2D eigenvalue weighted by molar-refractivity contribution is 6.09. The number of anilines is 1. The average molecular weight is 410 g/mol. The smallest absolute Gasteiger partial charge is 0.345 e. The lowest BCUT2D eigenvalue weighted by Crippen LogP contribution is -2.26. The number of hydrogen-bond donors (Lipinski definition) is 2. The van der Waals surface area contributed by atoms with Gasteiger partial charge in [-0.15, -0.1) is 0 Å². The van der Waals surface area contributed by atoms with Gasteiger partial charge in [-0.2, -0.15) is 18.4 Å². The molecule has 3 rings (SSSR count). The van der Waals surface area contributed by atoms with E-state index in [2.05, 4.69) is 37.9 Å². The van der Waals surface area contributed by atoms with Crippen molar-refractivity contribution in [2.24, 2.45) is 4.99 Å². The van der Waals surface area contributed by atoms with Crippen molar-refractivity contribution < 1.29 is 13.2 Å². The van der Waals surface area contributed by atoms with Crippen LogP contribution >= 0.6 is 0 Å². The second kappa shape index (κ2) is 8.21. The number of nitriles is 1. The quantitative estimate of drug-likeness (QED) is 0.363. The highest BCUT2D eigenvalue weighted by atomic mass is 19.4. The fraction of sp³-hybridized carbons (Fsp3) is 0.143. The van der Waals surface area contributed by atoms with Gasteiger partial charge in [-0.05, 0) is 31.2 Å². The number of nitrogens with one attached hydrogen (secondary N) is 2. The minimum Gasteiger partial charge on any atom is -0.345 e. The van der Waals surface area contributed by atoms with E-state index in [4.69, 9.17) is 0 Å². The lowest BCUT2D eigenvalue weighted by Gasteiger charge is -2.16. The summed E-state index contributed by atoms with van der Waals surface area (Å²) in [5.74, 6) is -0.295. The lowest BCUT2D eigenvalue weighted by molar-refractivity contribution is -0.0860. The molecule has 0 aliphatic heterocycles. The summed E-state index contributed by atoms with van der Waals surface area (Å²) in [7, 11) is 1.25. The Labute approximate surface area is 170 Å². The third-order valence-electron chi connectivity index (χ3n) is 4.24. The van der Waals surface area contributed by atoms with E-state index in [-0.39, 0.29) is 5.82 Å². The van der Waals surface area contributed by atoms with Crippen LogP contribution in [0.15, 0.2) is 59.8 Å². The molecule has 0 amide bonds. The standard InChI is InChI=1S/C21H17F3N6/c1-4-6-15(21(22,23)24)19(26-3)29-17-9-14(16-8-5-7-12(2)28-16)18-13(10-25)11-27-20(18)30-17/h4-9,11H,1H2,2-3H3,(H2,26,27,29,30). The molecule has 2 N–H and O–H groups in total. The number of halogens is 3. The number of aryl methyl sites for hydroxylation is 1. The van der Waals surface area contributed by atoms with Gasteiger partial charge in [0.15, 0.2) is 0 Å². The third kappa shape index (κ3) is 4.07. The summed E-state index contributed by atoms with van der Waals surface area (Å²) < 4.78 is 40.3. The summed E-state index contributed by atoms with van der Waals surface area (Å²) in [5.41, 5.74) is 1.59. The van der Waals surface area contributed by atoms with Gasteiger partial charge in [0.25, 0.3) is 0 Å². The Balaban J connectivity index is 2.18. The number of rotatable bonds is 4. The van der Waals surface area contributed by atoms with Crippen LogP contribution in [0.2, 0.25) is 0 Å². The maximum Gasteiger partial charge on any atom is 0.419 e. The van der Waals surface area contributed by atoms with Crippen LogP contribution in [0.1, 0.15) is 11.3 Å². The van der Waals surface area contributed by atoms with Crippen molar-refractivity contribution in [3.05, 3.63) is 66.0 Å². The van der Waals surface area contributed by atoms with Crippen molar-refractivity contribution in [2.75, 3.05) is 12.4 Å². The Morgan fingerprint density at radius 1 is 1.33 bits per heavy atom. The second-order valence-electron chi connectivity index (χ2n) is 6.27. The molecule has 3 aromatic heterocycles. The van der Waals surface area contributed by atoms with Crippen molar-refractivity contribution >= 4 is 22.7 Å². The van der Waals surface area contributed by atoms with E-state index in [1.165, 1.54) is 13.2 Å². The topological polar surface area (TPSA) is 89.8 Å². The normalized spacial score (nSPS) is 12.7. The van der Waals surface area contributed by atoms with E-state index in [0.717, 1.165) is 17.8 Å². The van der Waals surface area contributed by atoms with E-state index in [1.807, 2.05) is 19.1 Å². The average Bonchev–Trinajstić information content (AvgIpc) is 3.12. The molecule has 0 saturated carbocycles. The van der Waals surface area contributed by atoms with E-state index < -0.39 is 17.6 Å². The summed E-state index contributed by atoms with van der Waals surface area (Å²) in [5, 5.41) is 12.6. The lowest BCUT2D eigenvalue weighted by atomic mass is 10.1. The monoisotopic (exact) mass is 410 g/mol. The van der Waals surface area contributed by atoms with E-state index in [1.54, 1.807) is 12.1 Å². The summed E-state index contributed by atoms with van der Waals surface area (Å²) in [6.07, 6.45) is -1.27. The molecule has 0 unspecified atom stereocenters. The van der Waals surface area contributed by atoms with Gasteiger partial charge in [0.05, 0.1) is 16.8 Å². The molecule has 9 heteroatoms. The summed E-state index contributed by atoms with van der Waals surface area (Å²) in [6.45, 7) is 5.15. The minimum atomic E-state index is -4.64. The number of aliphatic imine (C=N–C) groups is 1. The first-order valence-corrected chi connectivity index (χ1v) is 8.78. The molecule has 3 aromatic rings. The zero-order valence-corrected chi connectivity index (χ0v) is 16.2. The Kier molecular flexibility index (Phi) is 5.69. The minimum absolute atomic E-state index is 0.118. The molecule has 3 heterocycles. The zero-order valence-electron chi connectivity index (χ0n) is 16.2. The predicted molar refractivity (Wildman–Crippen MR) is 110 cm³/mol. The van der Waals surface area contributed by atoms with Crippen LogP contribution in [0.3, 0.4) is 0 Å². The van der Waals surface area contributed by atoms with Gasteiger partial charge in [0, 0.05) is 29.9 Å². The van der Waals surface area contributed by atoms with Crippen LogP contribution in [0, 0.1) is 18.3 Å². The molecular weight excluding hydrogens is 393 g/mol. The van der Waals surface area contributed by atoms with Crippen molar-refractivity contribution in [1.82, 2.24) is 15.0 Å². The molecule has 30 heavy (non-hydrogen) atoms. The molecule has 0 radical (unpaired) electrons. The van der Waals surface area contributed by atoms with Crippen LogP contribution < -0.4 is 5.32 Å². The Bertz CT molecular complexity index is 1210. The first kappa shape index (κ1) is 20.8. The number of aromatic amines is 1. The number of aromatic nitrogens is 3. The van der Waals surface area contributed by atoms with Gasteiger partial charge in [-0.1, -0.05) is 18.7 Å². The fourth-order valence-corrected chi connectivity index (χ4v) is 2.97. The molecule has 0 saturated heterocycles. The molecule has 0 fully saturated rings. The number of H-pyrrole nitrogens is 1. The van der Waals surface area contributed by atoms with E-state index >= 15 is 0 Å². The number of pyridine rings is 2. The summed E-state index contributed by atoms with van der Waals surface area (Å²) >= 11 is 0. The van der Waals surface area contributed by atoms with Crippen molar-refractivity contribution in [1.29, 1.82) is 5.26 Å². The summed E-state index contributed by atoms with van der Waals surface area (Å²) in [6, 6.07) is 9.02. The van der Waals surface area contributed by atoms with Crippen molar-refractivity contribution in [3.63, 3.8) is 0 Å². The van der Waals surface area contributed by atoms with Crippen LogP contribution in [-0.4, -0.2) is 34.0 Å². The maximum absolute atomic E-state index is 13.4. The second-order valence-corrected chi connectivity index (χ2v) is 6.27. The number of fused-ring (bicyclic) bond motifs is 1. The SMILES string of the molecule is C=CC=C(C(=NC)Nc1cc(-c2cccc(C)n2)c2c(C#N)c[nH]c2n1)C(F)(F)F. The largest absolute Gasteiger partial charge is 0.419 e. The zero-order chi connectivity index (χ0) is 21.9. The molecule has 0 atom stereocenters. The van der Waals surface area contributed by atoms with Gasteiger partial charge in [-0.3, -0.25) is 9.98 Å². The van der Waals surface area contributed by atoms with Crippen LogP contribution in [0.25, 0.3) is 22.3 Å². The Hall–Kier alpha value is -3.93. The molecular formula is C21H17F3N6. The maximum atomic E-state index is 13.4. The molecule has 0 bridgehead atoms. The number of hydrogen-bond acceptors (Lipinski definition) is 4. The van der Waals surface area contributed by atoms with Gasteiger partial charge in [0.2, 0.25) is 0 Å². The van der Waals surface area contributed by atoms with Gasteiger partial charge < -0.3 is 10.3 Å². The third-order valence-corrected chi connectivity index (χ3v) is 4.24. The first-order chi connectivity index (χ1) is 14.3. The van der Waals surface area contributed by atoms with Gasteiger partial charge in [-0.25, -0.2) is 4.98 Å². The fourth-order valence-electron chi connectivity index (χ4n) is 2.97. The first-order valence-electron chi connectivity index (χ1n) is 8.78. The number of nitrogens with zero attached hydrogens (tertiary/aromatic N) is 4. The van der Waals surface area contributed by atoms with Crippen molar-refractivity contribution in [3.8, 4) is 17.3 Å². The van der Waals surface area contributed by atoms with E-state index in [0.29, 0.717) is 27.9 Å². The molecule has 0 aliphatic rings. The summed E-state index contributed by atoms with van der Waals surface area (Å²) in [4.78, 5) is 15.4. The number of amidine groups is 1. The Morgan fingerprint density at radius 2 is 2.10 bits per heavy atom. The Morgan fingerprint density at radius 3 is 2.70 bits per heavy atom. The molecule has 0 aromatic carbocycles. The molecule has 152 valence electrons. The highest BCUT2D eigenvalue weighted by Crippen LogP contribution is 2.32. The highest BCUT2D eigenvalue weighted by Gasteiger charge is 2.36. The molecule has 0 aliphatic carbocycles. The van der Waals surface area contributed by atoms with Crippen LogP contribution in [0.4, 0.5) is 19.0 Å². The number of allylic oxidation sites excluding steroid dienone is 2. The van der Waals surface area contributed by atoms with Crippen LogP contribution in [-0.2, 0) is 0 Å².